The summed E-state index contributed by atoms with van der Waals surface area (Å²) < 4.78 is 32.3. The minimum atomic E-state index is -0.872. The van der Waals surface area contributed by atoms with Crippen molar-refractivity contribution in [2.75, 3.05) is 7.11 Å². The van der Waals surface area contributed by atoms with E-state index in [0.717, 1.165) is 18.8 Å². The highest BCUT2D eigenvalue weighted by molar-refractivity contribution is 5.31. The monoisotopic (exact) mass is 308 g/mol. The van der Waals surface area contributed by atoms with Crippen LogP contribution in [-0.4, -0.2) is 7.11 Å². The molecule has 1 saturated carbocycles. The van der Waals surface area contributed by atoms with Gasteiger partial charge in [-0.25, -0.2) is 4.39 Å². The van der Waals surface area contributed by atoms with Crippen LogP contribution in [0.3, 0.4) is 0 Å². The van der Waals surface area contributed by atoms with Gasteiger partial charge in [0.25, 0.3) is 0 Å². The zero-order valence-electron chi connectivity index (χ0n) is 13.4. The molecule has 0 heterocycles. The summed E-state index contributed by atoms with van der Waals surface area (Å²) in [6.07, 6.45) is 10.9. The number of hydrogen-bond acceptors (Lipinski definition) is 1. The zero-order valence-corrected chi connectivity index (χ0v) is 13.4. The van der Waals surface area contributed by atoms with Crippen LogP contribution in [0.2, 0.25) is 0 Å². The molecule has 122 valence electrons. The van der Waals surface area contributed by atoms with Crippen LogP contribution in [0, 0.1) is 23.5 Å². The first-order chi connectivity index (χ1) is 10.7. The SMILES string of the molecule is C=CC1CCC(CCCCc2ccc(OC)c(F)c2F)CC1. The molecule has 3 heteroatoms. The van der Waals surface area contributed by atoms with Crippen LogP contribution in [0.15, 0.2) is 24.8 Å². The van der Waals surface area contributed by atoms with E-state index in [9.17, 15) is 8.78 Å². The van der Waals surface area contributed by atoms with Gasteiger partial charge in [-0.05, 0) is 62.0 Å². The summed E-state index contributed by atoms with van der Waals surface area (Å²) >= 11 is 0. The average molecular weight is 308 g/mol. The zero-order chi connectivity index (χ0) is 15.9. The predicted octanol–water partition coefficient (Wildman–Crippen LogP) is 5.68. The second-order valence-electron chi connectivity index (χ2n) is 6.32. The number of benzene rings is 1. The predicted molar refractivity (Wildman–Crippen MR) is 86.1 cm³/mol. The van der Waals surface area contributed by atoms with Crippen molar-refractivity contribution in [3.8, 4) is 5.75 Å². The van der Waals surface area contributed by atoms with Gasteiger partial charge in [0.1, 0.15) is 0 Å². The van der Waals surface area contributed by atoms with E-state index in [2.05, 4.69) is 12.7 Å². The summed E-state index contributed by atoms with van der Waals surface area (Å²) in [5, 5.41) is 0. The Balaban J connectivity index is 1.73. The molecule has 0 unspecified atom stereocenters. The molecule has 0 radical (unpaired) electrons. The molecular weight excluding hydrogens is 282 g/mol. The Kier molecular flexibility index (Phi) is 6.41. The third kappa shape index (κ3) is 4.31. The first-order valence-corrected chi connectivity index (χ1v) is 8.29. The fraction of sp³-hybridized carbons (Fsp3) is 0.579. The van der Waals surface area contributed by atoms with E-state index >= 15 is 0 Å². The van der Waals surface area contributed by atoms with Crippen LogP contribution in [0.5, 0.6) is 5.75 Å². The number of rotatable bonds is 7. The minimum Gasteiger partial charge on any atom is -0.494 e. The Bertz CT molecular complexity index is 490. The van der Waals surface area contributed by atoms with Gasteiger partial charge in [-0.2, -0.15) is 4.39 Å². The number of hydrogen-bond donors (Lipinski definition) is 0. The topological polar surface area (TPSA) is 9.23 Å². The summed E-state index contributed by atoms with van der Waals surface area (Å²) in [4.78, 5) is 0. The lowest BCUT2D eigenvalue weighted by atomic mass is 9.80. The molecule has 0 aromatic heterocycles. The molecule has 1 aliphatic rings. The van der Waals surface area contributed by atoms with E-state index in [1.54, 1.807) is 6.07 Å². The van der Waals surface area contributed by atoms with E-state index in [1.807, 2.05) is 0 Å². The van der Waals surface area contributed by atoms with Crippen LogP contribution in [0.25, 0.3) is 0 Å². The molecule has 1 aromatic carbocycles. The standard InChI is InChI=1S/C19H26F2O/c1-3-14-8-10-15(11-9-14)6-4-5-7-16-12-13-17(22-2)19(21)18(16)20/h3,12-15H,1,4-11H2,2H3. The molecule has 1 nitrogen and oxygen atoms in total. The first kappa shape index (κ1) is 17.0. The Morgan fingerprint density at radius 3 is 2.50 bits per heavy atom. The van der Waals surface area contributed by atoms with Gasteiger partial charge in [-0.15, -0.1) is 6.58 Å². The van der Waals surface area contributed by atoms with Crippen LogP contribution in [0.4, 0.5) is 8.78 Å². The van der Waals surface area contributed by atoms with Crippen LogP contribution >= 0.6 is 0 Å². The summed E-state index contributed by atoms with van der Waals surface area (Å²) in [5.41, 5.74) is 0.452. The van der Waals surface area contributed by atoms with E-state index < -0.39 is 11.6 Å². The normalized spacial score (nSPS) is 21.6. The van der Waals surface area contributed by atoms with E-state index in [0.29, 0.717) is 17.9 Å². The summed E-state index contributed by atoms with van der Waals surface area (Å²) in [6.45, 7) is 3.87. The molecule has 22 heavy (non-hydrogen) atoms. The molecule has 0 bridgehead atoms. The van der Waals surface area contributed by atoms with E-state index in [-0.39, 0.29) is 5.75 Å². The fourth-order valence-corrected chi connectivity index (χ4v) is 3.38. The number of ether oxygens (including phenoxy) is 1. The molecule has 0 saturated heterocycles. The third-order valence-corrected chi connectivity index (χ3v) is 4.88. The molecule has 0 amide bonds. The van der Waals surface area contributed by atoms with Crippen molar-refractivity contribution >= 4 is 0 Å². The van der Waals surface area contributed by atoms with Crippen molar-refractivity contribution in [2.24, 2.45) is 11.8 Å². The number of aryl methyl sites for hydroxylation is 1. The van der Waals surface area contributed by atoms with Crippen molar-refractivity contribution in [2.45, 2.75) is 51.4 Å². The molecule has 1 fully saturated rings. The Morgan fingerprint density at radius 2 is 1.86 bits per heavy atom. The van der Waals surface area contributed by atoms with Gasteiger partial charge in [0.2, 0.25) is 5.82 Å². The number of unbranched alkanes of at least 4 members (excludes halogenated alkanes) is 1. The number of methoxy groups -OCH3 is 1. The van der Waals surface area contributed by atoms with Crippen LogP contribution < -0.4 is 4.74 Å². The maximum Gasteiger partial charge on any atom is 0.200 e. The maximum atomic E-state index is 13.8. The lowest BCUT2D eigenvalue weighted by Gasteiger charge is -2.26. The minimum absolute atomic E-state index is 0.0276. The van der Waals surface area contributed by atoms with Crippen LogP contribution in [0.1, 0.15) is 50.5 Å². The second-order valence-corrected chi connectivity index (χ2v) is 6.32. The van der Waals surface area contributed by atoms with Crippen molar-refractivity contribution < 1.29 is 13.5 Å². The quantitative estimate of drug-likeness (QED) is 0.465. The fourth-order valence-electron chi connectivity index (χ4n) is 3.38. The molecule has 0 spiro atoms. The first-order valence-electron chi connectivity index (χ1n) is 8.29. The molecule has 1 aromatic rings. The Labute approximate surface area is 132 Å². The second kappa shape index (κ2) is 8.30. The number of halogens is 2. The molecule has 0 N–H and O–H groups in total. The summed E-state index contributed by atoms with van der Waals surface area (Å²) in [7, 11) is 1.35. The van der Waals surface area contributed by atoms with Gasteiger partial charge < -0.3 is 4.74 Å². The van der Waals surface area contributed by atoms with Crippen molar-refractivity contribution in [3.05, 3.63) is 42.0 Å². The van der Waals surface area contributed by atoms with E-state index in [1.165, 1.54) is 45.3 Å². The third-order valence-electron chi connectivity index (χ3n) is 4.88. The number of allylic oxidation sites excluding steroid dienone is 1. The van der Waals surface area contributed by atoms with Crippen molar-refractivity contribution in [1.29, 1.82) is 0 Å². The van der Waals surface area contributed by atoms with Gasteiger partial charge in [-0.1, -0.05) is 25.0 Å². The highest BCUT2D eigenvalue weighted by atomic mass is 19.2. The van der Waals surface area contributed by atoms with Crippen LogP contribution in [-0.2, 0) is 6.42 Å². The van der Waals surface area contributed by atoms with Gasteiger partial charge in [0, 0.05) is 0 Å². The summed E-state index contributed by atoms with van der Waals surface area (Å²) in [5.74, 6) is -0.157. The highest BCUT2D eigenvalue weighted by Gasteiger charge is 2.19. The van der Waals surface area contributed by atoms with Gasteiger partial charge in [0.15, 0.2) is 11.6 Å². The van der Waals surface area contributed by atoms with Gasteiger partial charge in [-0.3, -0.25) is 0 Å². The van der Waals surface area contributed by atoms with Gasteiger partial charge >= 0.3 is 0 Å². The van der Waals surface area contributed by atoms with Crippen molar-refractivity contribution in [1.82, 2.24) is 0 Å². The largest absolute Gasteiger partial charge is 0.494 e. The molecule has 0 aliphatic heterocycles. The Morgan fingerprint density at radius 1 is 1.14 bits per heavy atom. The lowest BCUT2D eigenvalue weighted by molar-refractivity contribution is 0.289. The molecular formula is C19H26F2O. The molecule has 2 rings (SSSR count). The van der Waals surface area contributed by atoms with Crippen molar-refractivity contribution in [3.63, 3.8) is 0 Å². The average Bonchev–Trinajstić information content (AvgIpc) is 2.56. The van der Waals surface area contributed by atoms with Gasteiger partial charge in [0.05, 0.1) is 7.11 Å². The van der Waals surface area contributed by atoms with E-state index in [4.69, 9.17) is 4.74 Å². The summed E-state index contributed by atoms with van der Waals surface area (Å²) in [6, 6.07) is 3.14. The highest BCUT2D eigenvalue weighted by Crippen LogP contribution is 2.32. The molecule has 1 aliphatic carbocycles. The maximum absolute atomic E-state index is 13.8. The Hall–Kier alpha value is -1.38. The molecule has 0 atom stereocenters. The smallest absolute Gasteiger partial charge is 0.200 e. The lowest BCUT2D eigenvalue weighted by Crippen LogP contribution is -2.12.